The molecule has 2 aliphatic heterocycles. The van der Waals surface area contributed by atoms with Crippen molar-refractivity contribution < 1.29 is 28.2 Å². The van der Waals surface area contributed by atoms with E-state index in [0.29, 0.717) is 11.4 Å². The highest BCUT2D eigenvalue weighted by molar-refractivity contribution is 6.74. The van der Waals surface area contributed by atoms with Gasteiger partial charge in [0, 0.05) is 0 Å². The van der Waals surface area contributed by atoms with Crippen molar-refractivity contribution in [1.29, 1.82) is 0 Å². The van der Waals surface area contributed by atoms with Crippen molar-refractivity contribution in [1.82, 2.24) is 4.90 Å². The van der Waals surface area contributed by atoms with Crippen molar-refractivity contribution in [3.05, 3.63) is 47.9 Å². The maximum atomic E-state index is 13.2. The number of esters is 1. The van der Waals surface area contributed by atoms with E-state index in [2.05, 4.69) is 33.9 Å². The van der Waals surface area contributed by atoms with Crippen LogP contribution in [0, 0.1) is 5.92 Å². The fraction of sp³-hybridized carbons (Fsp3) is 0.600. The average Bonchev–Trinajstić information content (AvgIpc) is 2.94. The Morgan fingerprint density at radius 3 is 2.21 bits per heavy atom. The first-order chi connectivity index (χ1) is 15.1. The summed E-state index contributed by atoms with van der Waals surface area (Å²) in [6.07, 6.45) is 0.553. The molecule has 0 aromatic heterocycles. The maximum Gasteiger partial charge on any atom is 0.419 e. The van der Waals surface area contributed by atoms with E-state index in [-0.39, 0.29) is 11.6 Å². The number of nitrogens with zero attached hydrogens (tertiary/aromatic N) is 1. The predicted molar refractivity (Wildman–Crippen MR) is 128 cm³/mol. The standard InChI is InChI=1S/C25H37NO6Si/c1-10-29-21(27)25(17-14-12-11-13-15-17)18-16-19(32-33(8,9)24(5,6)7)26(20(18)30-25)22(28)31-23(2,3)4/h11-16,18,20H,10H2,1-9H3. The van der Waals surface area contributed by atoms with Crippen LogP contribution in [0.4, 0.5) is 4.79 Å². The van der Waals surface area contributed by atoms with Gasteiger partial charge in [0.05, 0.1) is 12.5 Å². The third-order valence-corrected chi connectivity index (χ3v) is 10.8. The highest BCUT2D eigenvalue weighted by Crippen LogP contribution is 2.55. The van der Waals surface area contributed by atoms with Gasteiger partial charge in [-0.3, -0.25) is 0 Å². The fourth-order valence-electron chi connectivity index (χ4n) is 3.73. The van der Waals surface area contributed by atoms with Crippen LogP contribution in [-0.2, 0) is 29.0 Å². The number of rotatable bonds is 5. The molecule has 3 unspecified atom stereocenters. The summed E-state index contributed by atoms with van der Waals surface area (Å²) in [5.74, 6) is -0.564. The van der Waals surface area contributed by atoms with E-state index in [1.54, 1.807) is 6.92 Å². The van der Waals surface area contributed by atoms with Gasteiger partial charge in [0.15, 0.2) is 12.1 Å². The molecule has 8 heteroatoms. The summed E-state index contributed by atoms with van der Waals surface area (Å²) >= 11 is 0. The van der Waals surface area contributed by atoms with Gasteiger partial charge in [0.2, 0.25) is 5.60 Å². The molecule has 0 radical (unpaired) electrons. The van der Waals surface area contributed by atoms with Crippen LogP contribution < -0.4 is 0 Å². The van der Waals surface area contributed by atoms with Gasteiger partial charge in [-0.1, -0.05) is 51.1 Å². The smallest absolute Gasteiger partial charge is 0.419 e. The van der Waals surface area contributed by atoms with E-state index >= 15 is 0 Å². The highest BCUT2D eigenvalue weighted by atomic mass is 28.4. The molecule has 0 N–H and O–H groups in total. The largest absolute Gasteiger partial charge is 0.532 e. The van der Waals surface area contributed by atoms with Gasteiger partial charge >= 0.3 is 12.1 Å². The van der Waals surface area contributed by atoms with Gasteiger partial charge < -0.3 is 18.6 Å². The van der Waals surface area contributed by atoms with Crippen LogP contribution in [0.15, 0.2) is 42.3 Å². The second-order valence-corrected chi connectivity index (χ2v) is 15.8. The van der Waals surface area contributed by atoms with Crippen molar-refractivity contribution in [3.8, 4) is 0 Å². The first kappa shape index (κ1) is 25.3. The molecule has 7 nitrogen and oxygen atoms in total. The van der Waals surface area contributed by atoms with Crippen molar-refractivity contribution in [2.75, 3.05) is 6.61 Å². The number of benzene rings is 1. The number of fused-ring (bicyclic) bond motifs is 1. The molecule has 3 rings (SSSR count). The number of ether oxygens (including phenoxy) is 3. The molecule has 1 amide bonds. The summed E-state index contributed by atoms with van der Waals surface area (Å²) in [7, 11) is -2.31. The minimum absolute atomic E-state index is 0.0897. The lowest BCUT2D eigenvalue weighted by Crippen LogP contribution is -2.65. The zero-order valence-electron chi connectivity index (χ0n) is 21.2. The lowest BCUT2D eigenvalue weighted by molar-refractivity contribution is -0.282. The molecule has 0 aliphatic carbocycles. The van der Waals surface area contributed by atoms with Crippen molar-refractivity contribution in [3.63, 3.8) is 0 Å². The first-order valence-corrected chi connectivity index (χ1v) is 14.4. The topological polar surface area (TPSA) is 74.3 Å². The first-order valence-electron chi connectivity index (χ1n) is 11.5. The van der Waals surface area contributed by atoms with E-state index in [1.165, 1.54) is 4.90 Å². The molecule has 0 saturated carbocycles. The Morgan fingerprint density at radius 2 is 1.70 bits per heavy atom. The summed E-state index contributed by atoms with van der Waals surface area (Å²) in [5.41, 5.74) is -1.36. The second kappa shape index (κ2) is 8.47. The van der Waals surface area contributed by atoms with Gasteiger partial charge in [-0.15, -0.1) is 0 Å². The van der Waals surface area contributed by atoms with Crippen molar-refractivity contribution in [2.45, 2.75) is 84.0 Å². The molecular formula is C25H37NO6Si. The van der Waals surface area contributed by atoms with E-state index in [1.807, 2.05) is 57.2 Å². The number of carbonyl (C=O) groups is 2. The Balaban J connectivity index is 2.06. The van der Waals surface area contributed by atoms with E-state index in [4.69, 9.17) is 18.6 Å². The van der Waals surface area contributed by atoms with Gasteiger partial charge in [-0.2, -0.15) is 0 Å². The Bertz CT molecular complexity index is 930. The molecule has 0 spiro atoms. The highest BCUT2D eigenvalue weighted by Gasteiger charge is 2.68. The molecule has 2 aliphatic rings. The number of hydrogen-bond acceptors (Lipinski definition) is 6. The molecule has 1 aromatic rings. The molecule has 33 heavy (non-hydrogen) atoms. The normalized spacial score (nSPS) is 25.0. The molecule has 0 bridgehead atoms. The molecule has 1 saturated heterocycles. The van der Waals surface area contributed by atoms with Gasteiger partial charge in [-0.05, 0) is 57.5 Å². The van der Waals surface area contributed by atoms with Crippen LogP contribution in [0.2, 0.25) is 18.1 Å². The Hall–Kier alpha value is -2.32. The summed E-state index contributed by atoms with van der Waals surface area (Å²) in [4.78, 5) is 27.9. The minimum atomic E-state index is -2.31. The van der Waals surface area contributed by atoms with E-state index < -0.39 is 43.7 Å². The number of carbonyl (C=O) groups excluding carboxylic acids is 2. The van der Waals surface area contributed by atoms with Crippen molar-refractivity contribution in [2.24, 2.45) is 5.92 Å². The second-order valence-electron chi connectivity index (χ2n) is 11.1. The molecule has 1 fully saturated rings. The Morgan fingerprint density at radius 1 is 1.09 bits per heavy atom. The zero-order valence-corrected chi connectivity index (χ0v) is 22.2. The number of hydrogen-bond donors (Lipinski definition) is 0. The quantitative estimate of drug-likeness (QED) is 0.412. The third kappa shape index (κ3) is 4.55. The van der Waals surface area contributed by atoms with Crippen LogP contribution >= 0.6 is 0 Å². The lowest BCUT2D eigenvalue weighted by Gasteiger charge is -2.51. The molecule has 3 atom stereocenters. The monoisotopic (exact) mass is 475 g/mol. The van der Waals surface area contributed by atoms with Gasteiger partial charge in [0.1, 0.15) is 5.60 Å². The van der Waals surface area contributed by atoms with Crippen LogP contribution in [0.25, 0.3) is 0 Å². The van der Waals surface area contributed by atoms with Gasteiger partial charge in [0.25, 0.3) is 8.32 Å². The molecule has 2 heterocycles. The summed E-state index contributed by atoms with van der Waals surface area (Å²) in [6, 6.07) is 9.26. The van der Waals surface area contributed by atoms with Crippen LogP contribution in [-0.4, -0.2) is 43.7 Å². The SMILES string of the molecule is CCOC(=O)C1(c2ccccc2)OC2C1C=C(O[Si](C)(C)C(C)(C)C)N2C(=O)OC(C)(C)C. The Kier molecular flexibility index (Phi) is 6.49. The summed E-state index contributed by atoms with van der Waals surface area (Å²) < 4.78 is 23.9. The third-order valence-electron chi connectivity index (χ3n) is 6.43. The maximum absolute atomic E-state index is 13.2. The molecular weight excluding hydrogens is 438 g/mol. The van der Waals surface area contributed by atoms with Crippen LogP contribution in [0.3, 0.4) is 0 Å². The van der Waals surface area contributed by atoms with Crippen LogP contribution in [0.1, 0.15) is 54.0 Å². The van der Waals surface area contributed by atoms with Gasteiger partial charge in [-0.25, -0.2) is 14.5 Å². The fourth-order valence-corrected chi connectivity index (χ4v) is 4.73. The van der Waals surface area contributed by atoms with E-state index in [0.717, 1.165) is 0 Å². The zero-order chi connectivity index (χ0) is 24.8. The summed E-state index contributed by atoms with van der Waals surface area (Å²) in [6.45, 7) is 18.0. The lowest BCUT2D eigenvalue weighted by atomic mass is 9.75. The summed E-state index contributed by atoms with van der Waals surface area (Å²) in [5, 5.41) is -0.0897. The predicted octanol–water partition coefficient (Wildman–Crippen LogP) is 5.53. The Labute approximate surface area is 198 Å². The number of amides is 1. The molecule has 1 aromatic carbocycles. The van der Waals surface area contributed by atoms with E-state index in [9.17, 15) is 9.59 Å². The minimum Gasteiger partial charge on any atom is -0.532 e. The van der Waals surface area contributed by atoms with Crippen molar-refractivity contribution >= 4 is 20.4 Å². The van der Waals surface area contributed by atoms with Crippen LogP contribution in [0.5, 0.6) is 0 Å². The molecule has 182 valence electrons. The average molecular weight is 476 g/mol.